The van der Waals surface area contributed by atoms with E-state index >= 15 is 0 Å². The number of nitrogens with one attached hydrogen (secondary N) is 1. The second-order valence-corrected chi connectivity index (χ2v) is 7.45. The molecule has 2 heterocycles. The first-order chi connectivity index (χ1) is 14.5. The Morgan fingerprint density at radius 2 is 1.67 bits per heavy atom. The molecular weight excluding hydrogens is 386 g/mol. The van der Waals surface area contributed by atoms with Crippen molar-refractivity contribution in [2.24, 2.45) is 0 Å². The Morgan fingerprint density at radius 3 is 2.27 bits per heavy atom. The molecule has 0 saturated carbocycles. The van der Waals surface area contributed by atoms with Crippen molar-refractivity contribution in [1.29, 1.82) is 0 Å². The molecule has 1 saturated heterocycles. The Hall–Kier alpha value is -3.39. The summed E-state index contributed by atoms with van der Waals surface area (Å²) < 4.78 is 11.0. The first kappa shape index (κ1) is 19.9. The maximum absolute atomic E-state index is 12.4. The van der Waals surface area contributed by atoms with Crippen molar-refractivity contribution in [3.05, 3.63) is 59.2 Å². The number of methoxy groups -OCH3 is 2. The molecule has 8 heteroatoms. The number of carbonyl (C=O) groups excluding carboxylic acids is 3. The Bertz CT molecular complexity index is 1010. The van der Waals surface area contributed by atoms with E-state index in [1.807, 2.05) is 42.5 Å². The van der Waals surface area contributed by atoms with Crippen molar-refractivity contribution < 1.29 is 28.8 Å². The number of urea groups is 1. The average Bonchev–Trinajstić information content (AvgIpc) is 2.96. The highest BCUT2D eigenvalue weighted by Gasteiger charge is 2.46. The van der Waals surface area contributed by atoms with E-state index in [2.05, 4.69) is 0 Å². The average molecular weight is 410 g/mol. The third-order valence-electron chi connectivity index (χ3n) is 5.82. The van der Waals surface area contributed by atoms with Gasteiger partial charge in [0.1, 0.15) is 6.04 Å². The van der Waals surface area contributed by atoms with Crippen molar-refractivity contribution >= 4 is 17.8 Å². The predicted molar refractivity (Wildman–Crippen MR) is 107 cm³/mol. The van der Waals surface area contributed by atoms with Crippen LogP contribution in [0.4, 0.5) is 4.79 Å². The molecule has 2 aliphatic rings. The fourth-order valence-electron chi connectivity index (χ4n) is 4.27. The summed E-state index contributed by atoms with van der Waals surface area (Å²) in [5.41, 5.74) is 3.25. The van der Waals surface area contributed by atoms with Crippen molar-refractivity contribution in [1.82, 2.24) is 9.80 Å². The molecule has 0 bridgehead atoms. The molecule has 2 aromatic carbocycles. The van der Waals surface area contributed by atoms with Crippen LogP contribution >= 0.6 is 0 Å². The summed E-state index contributed by atoms with van der Waals surface area (Å²) in [7, 11) is 4.53. The Morgan fingerprint density at radius 1 is 1.00 bits per heavy atom. The summed E-state index contributed by atoms with van der Waals surface area (Å²) >= 11 is 0. The van der Waals surface area contributed by atoms with Gasteiger partial charge in [-0.3, -0.25) is 14.5 Å². The zero-order valence-electron chi connectivity index (χ0n) is 17.2. The van der Waals surface area contributed by atoms with Crippen LogP contribution in [0.15, 0.2) is 42.5 Å². The van der Waals surface area contributed by atoms with Crippen molar-refractivity contribution in [3.63, 3.8) is 0 Å². The van der Waals surface area contributed by atoms with Gasteiger partial charge in [0.2, 0.25) is 0 Å². The van der Waals surface area contributed by atoms with Gasteiger partial charge in [0.15, 0.2) is 18.2 Å². The number of rotatable bonds is 5. The molecule has 0 aromatic heterocycles. The van der Waals surface area contributed by atoms with E-state index in [0.717, 1.165) is 37.8 Å². The van der Waals surface area contributed by atoms with Gasteiger partial charge >= 0.3 is 17.8 Å². The lowest BCUT2D eigenvalue weighted by Crippen LogP contribution is -3.15. The number of nitrogens with zero attached hydrogens (tertiary/aromatic N) is 2. The molecule has 30 heavy (non-hydrogen) atoms. The first-order valence-corrected chi connectivity index (χ1v) is 9.74. The van der Waals surface area contributed by atoms with Crippen LogP contribution in [-0.2, 0) is 16.0 Å². The molecule has 156 valence electrons. The molecule has 0 aliphatic carbocycles. The zero-order valence-corrected chi connectivity index (χ0v) is 17.2. The van der Waals surface area contributed by atoms with Crippen LogP contribution in [-0.4, -0.2) is 62.1 Å². The van der Waals surface area contributed by atoms with Gasteiger partial charge in [-0.25, -0.2) is 9.69 Å². The number of quaternary nitrogens is 1. The van der Waals surface area contributed by atoms with Gasteiger partial charge in [-0.15, -0.1) is 0 Å². The van der Waals surface area contributed by atoms with Crippen molar-refractivity contribution in [2.45, 2.75) is 12.5 Å². The van der Waals surface area contributed by atoms with Crippen LogP contribution in [0.25, 0.3) is 0 Å². The van der Waals surface area contributed by atoms with E-state index in [4.69, 9.17) is 9.47 Å². The highest BCUT2D eigenvalue weighted by Crippen LogP contribution is 2.36. The van der Waals surface area contributed by atoms with Gasteiger partial charge in [0.25, 0.3) is 0 Å². The normalized spacial score (nSPS) is 21.1. The molecule has 4 rings (SSSR count). The minimum atomic E-state index is -0.792. The van der Waals surface area contributed by atoms with Crippen molar-refractivity contribution in [3.8, 4) is 11.5 Å². The monoisotopic (exact) mass is 410 g/mol. The van der Waals surface area contributed by atoms with Gasteiger partial charge in [0.05, 0.1) is 20.8 Å². The Labute approximate surface area is 174 Å². The topological polar surface area (TPSA) is 80.6 Å². The minimum absolute atomic E-state index is 0.112. The molecular formula is C22H24N3O5+. The lowest BCUT2D eigenvalue weighted by atomic mass is 9.88. The first-order valence-electron chi connectivity index (χ1n) is 9.74. The molecule has 0 spiro atoms. The lowest BCUT2D eigenvalue weighted by molar-refractivity contribution is -0.934. The van der Waals surface area contributed by atoms with Gasteiger partial charge in [-0.2, -0.15) is 0 Å². The van der Waals surface area contributed by atoms with E-state index in [1.54, 1.807) is 14.2 Å². The van der Waals surface area contributed by atoms with Gasteiger partial charge in [-0.1, -0.05) is 30.3 Å². The summed E-state index contributed by atoms with van der Waals surface area (Å²) in [5.74, 6) is -0.273. The van der Waals surface area contributed by atoms with E-state index < -0.39 is 17.8 Å². The van der Waals surface area contributed by atoms with E-state index in [0.29, 0.717) is 18.0 Å². The number of imide groups is 2. The van der Waals surface area contributed by atoms with Crippen LogP contribution in [0.2, 0.25) is 0 Å². The summed E-state index contributed by atoms with van der Waals surface area (Å²) in [5, 5.41) is 0. The maximum Gasteiger partial charge on any atom is 0.338 e. The number of hydrogen-bond acceptors (Lipinski definition) is 5. The molecule has 2 aliphatic heterocycles. The number of amides is 4. The maximum atomic E-state index is 12.4. The van der Waals surface area contributed by atoms with E-state index in [-0.39, 0.29) is 12.7 Å². The second kappa shape index (κ2) is 7.79. The Balaban J connectivity index is 1.76. The molecule has 2 aromatic rings. The Kier molecular flexibility index (Phi) is 5.17. The highest BCUT2D eigenvalue weighted by molar-refractivity contribution is 6.44. The van der Waals surface area contributed by atoms with Gasteiger partial charge in [0, 0.05) is 24.6 Å². The standard InChI is InChI=1S/C22H23N3O5/c1-23-20(26)21(27)25(22(23)28)13-24-10-9-15-11-17(29-2)18(30-3)12-16(15)19(24)14-7-5-4-6-8-14/h4-8,11-12,19H,9-10,13H2,1-3H3/p+1/t19-/m1/s1. The van der Waals surface area contributed by atoms with Crippen LogP contribution in [0.1, 0.15) is 22.7 Å². The molecule has 1 fully saturated rings. The largest absolute Gasteiger partial charge is 0.493 e. The fourth-order valence-corrected chi connectivity index (χ4v) is 4.27. The van der Waals surface area contributed by atoms with E-state index in [9.17, 15) is 14.4 Å². The summed E-state index contributed by atoms with van der Waals surface area (Å²) in [6.07, 6.45) is 0.744. The van der Waals surface area contributed by atoms with Crippen LogP contribution in [0.5, 0.6) is 11.5 Å². The zero-order chi connectivity index (χ0) is 21.4. The van der Waals surface area contributed by atoms with E-state index in [1.165, 1.54) is 7.05 Å². The third-order valence-corrected chi connectivity index (χ3v) is 5.82. The molecule has 8 nitrogen and oxygen atoms in total. The number of ether oxygens (including phenoxy) is 2. The molecule has 2 atom stereocenters. The fraction of sp³-hybridized carbons (Fsp3) is 0.318. The predicted octanol–water partition coefficient (Wildman–Crippen LogP) is 0.612. The van der Waals surface area contributed by atoms with Gasteiger partial charge in [-0.05, 0) is 17.7 Å². The minimum Gasteiger partial charge on any atom is -0.493 e. The smallest absolute Gasteiger partial charge is 0.338 e. The number of fused-ring (bicyclic) bond motifs is 1. The third kappa shape index (κ3) is 3.19. The second-order valence-electron chi connectivity index (χ2n) is 7.45. The highest BCUT2D eigenvalue weighted by atomic mass is 16.5. The summed E-state index contributed by atoms with van der Waals surface area (Å²) in [4.78, 5) is 39.6. The summed E-state index contributed by atoms with van der Waals surface area (Å²) in [6, 6.07) is 13.2. The molecule has 1 unspecified atom stereocenters. The molecule has 4 amide bonds. The SMILES string of the molecule is COc1cc2c(cc1OC)[C@@H](c1ccccc1)[NH+](CN1C(=O)C(=O)N(C)C1=O)CC2. The number of benzene rings is 2. The summed E-state index contributed by atoms with van der Waals surface area (Å²) in [6.45, 7) is 0.804. The van der Waals surface area contributed by atoms with Crippen molar-refractivity contribution in [2.75, 3.05) is 34.5 Å². The van der Waals surface area contributed by atoms with Crippen LogP contribution in [0, 0.1) is 0 Å². The van der Waals surface area contributed by atoms with Gasteiger partial charge < -0.3 is 14.4 Å². The van der Waals surface area contributed by atoms with Crippen LogP contribution < -0.4 is 14.4 Å². The quantitative estimate of drug-likeness (QED) is 0.577. The lowest BCUT2D eigenvalue weighted by Gasteiger charge is -2.36. The number of carbonyl (C=O) groups is 3. The molecule has 1 N–H and O–H groups in total. The number of hydrogen-bond donors (Lipinski definition) is 1. The molecule has 0 radical (unpaired) electrons. The van der Waals surface area contributed by atoms with Crippen LogP contribution in [0.3, 0.4) is 0 Å². The number of likely N-dealkylation sites (N-methyl/N-ethyl adjacent to an activating group) is 1.